The highest BCUT2D eigenvalue weighted by Gasteiger charge is 2.26. The van der Waals surface area contributed by atoms with Gasteiger partial charge >= 0.3 is 0 Å². The predicted octanol–water partition coefficient (Wildman–Crippen LogP) is 2.88. The molecule has 3 heterocycles. The summed E-state index contributed by atoms with van der Waals surface area (Å²) < 4.78 is 7.39. The van der Waals surface area contributed by atoms with Gasteiger partial charge in [0.05, 0.1) is 24.9 Å². The van der Waals surface area contributed by atoms with E-state index in [4.69, 9.17) is 4.74 Å². The maximum atomic E-state index is 12.8. The van der Waals surface area contributed by atoms with Crippen LogP contribution < -0.4 is 10.2 Å². The first-order valence-corrected chi connectivity index (χ1v) is 10.9. The smallest absolute Gasteiger partial charge is 0.267 e. The van der Waals surface area contributed by atoms with E-state index in [1.165, 1.54) is 24.6 Å². The van der Waals surface area contributed by atoms with Crippen molar-refractivity contribution in [2.24, 2.45) is 0 Å². The molecule has 1 aromatic carbocycles. The summed E-state index contributed by atoms with van der Waals surface area (Å²) in [6.45, 7) is 5.07. The fraction of sp³-hybridized carbons (Fsp3) is 0.381. The van der Waals surface area contributed by atoms with Gasteiger partial charge < -0.3 is 10.1 Å². The second kappa shape index (κ2) is 9.36. The Balaban J connectivity index is 1.43. The van der Waals surface area contributed by atoms with Gasteiger partial charge in [-0.1, -0.05) is 23.5 Å². The Labute approximate surface area is 184 Å². The number of carbonyl (C=O) groups is 2. The lowest BCUT2D eigenvalue weighted by atomic mass is 10.2. The molecular weight excluding hydrogens is 416 g/mol. The van der Waals surface area contributed by atoms with Crippen molar-refractivity contribution in [3.8, 4) is 0 Å². The van der Waals surface area contributed by atoms with Crippen LogP contribution in [0, 0.1) is 6.92 Å². The number of hydrogen-bond acceptors (Lipinski definition) is 7. The van der Waals surface area contributed by atoms with Crippen LogP contribution >= 0.6 is 11.3 Å². The van der Waals surface area contributed by atoms with E-state index in [0.717, 1.165) is 25.0 Å². The zero-order chi connectivity index (χ0) is 21.8. The Morgan fingerprint density at radius 2 is 2.13 bits per heavy atom. The molecule has 2 amide bonds. The molecule has 0 unspecified atom stereocenters. The molecule has 1 aliphatic heterocycles. The van der Waals surface area contributed by atoms with Crippen molar-refractivity contribution in [2.75, 3.05) is 23.4 Å². The Morgan fingerprint density at radius 1 is 1.32 bits per heavy atom. The first-order valence-electron chi connectivity index (χ1n) is 10.1. The highest BCUT2D eigenvalue weighted by molar-refractivity contribution is 7.17. The van der Waals surface area contributed by atoms with Crippen molar-refractivity contribution < 1.29 is 14.3 Å². The van der Waals surface area contributed by atoms with Crippen LogP contribution in [0.25, 0.3) is 0 Å². The number of nitrogens with zero attached hydrogens (tertiary/aromatic N) is 5. The van der Waals surface area contributed by atoms with Gasteiger partial charge in [0.1, 0.15) is 17.5 Å². The SMILES string of the molecule is CC(=O)N(C[C@@H]1CCCO1)c1nc(C)c(C(=O)Nc2ccc(Cn3cncn3)cc2)s1. The number of carbonyl (C=O) groups excluding carboxylic acids is 2. The van der Waals surface area contributed by atoms with Crippen molar-refractivity contribution in [2.45, 2.75) is 39.3 Å². The maximum Gasteiger partial charge on any atom is 0.267 e. The number of thiazole rings is 1. The molecule has 0 spiro atoms. The van der Waals surface area contributed by atoms with Gasteiger partial charge in [0.25, 0.3) is 5.91 Å². The number of amides is 2. The highest BCUT2D eigenvalue weighted by atomic mass is 32.1. The van der Waals surface area contributed by atoms with Gasteiger partial charge in [-0.15, -0.1) is 0 Å². The van der Waals surface area contributed by atoms with Crippen molar-refractivity contribution in [3.05, 3.63) is 53.1 Å². The summed E-state index contributed by atoms with van der Waals surface area (Å²) >= 11 is 1.22. The normalized spacial score (nSPS) is 15.7. The lowest BCUT2D eigenvalue weighted by Crippen LogP contribution is -2.35. The zero-order valence-corrected chi connectivity index (χ0v) is 18.3. The standard InChI is InChI=1S/C21H24N6O3S/c1-14-19(31-21(24-14)27(15(2)28)11-18-4-3-9-30-18)20(29)25-17-7-5-16(6-8-17)10-26-13-22-12-23-26/h5-8,12-13,18H,3-4,9-11H2,1-2H3,(H,25,29)/t18-/m0/s1. The van der Waals surface area contributed by atoms with Gasteiger partial charge in [0, 0.05) is 19.2 Å². The summed E-state index contributed by atoms with van der Waals surface area (Å²) in [5, 5.41) is 7.52. The van der Waals surface area contributed by atoms with Gasteiger partial charge in [0.2, 0.25) is 5.91 Å². The number of aryl methyl sites for hydroxylation is 1. The third-order valence-corrected chi connectivity index (χ3v) is 6.21. The summed E-state index contributed by atoms with van der Waals surface area (Å²) in [5.41, 5.74) is 2.33. The molecular formula is C21H24N6O3S. The number of rotatable bonds is 7. The van der Waals surface area contributed by atoms with Crippen LogP contribution in [0.4, 0.5) is 10.8 Å². The van der Waals surface area contributed by atoms with Crippen LogP contribution in [0.1, 0.15) is 40.7 Å². The van der Waals surface area contributed by atoms with Gasteiger partial charge in [-0.05, 0) is 37.5 Å². The quantitative estimate of drug-likeness (QED) is 0.606. The average molecular weight is 441 g/mol. The fourth-order valence-electron chi connectivity index (χ4n) is 3.42. The minimum absolute atomic E-state index is 0.0152. The summed E-state index contributed by atoms with van der Waals surface area (Å²) in [6, 6.07) is 7.56. The average Bonchev–Trinajstić information content (AvgIpc) is 3.50. The van der Waals surface area contributed by atoms with Crippen molar-refractivity contribution in [1.29, 1.82) is 0 Å². The first-order chi connectivity index (χ1) is 15.0. The lowest BCUT2D eigenvalue weighted by molar-refractivity contribution is -0.116. The highest BCUT2D eigenvalue weighted by Crippen LogP contribution is 2.28. The Kier molecular flexibility index (Phi) is 6.38. The van der Waals surface area contributed by atoms with Crippen LogP contribution in [-0.4, -0.2) is 50.8 Å². The molecule has 1 atom stereocenters. The molecule has 31 heavy (non-hydrogen) atoms. The molecule has 4 rings (SSSR count). The minimum Gasteiger partial charge on any atom is -0.376 e. The number of hydrogen-bond donors (Lipinski definition) is 1. The Hall–Kier alpha value is -3.11. The Morgan fingerprint density at radius 3 is 2.77 bits per heavy atom. The molecule has 162 valence electrons. The summed E-state index contributed by atoms with van der Waals surface area (Å²) in [6.07, 6.45) is 5.09. The molecule has 1 aliphatic rings. The number of nitrogens with one attached hydrogen (secondary N) is 1. The number of anilines is 2. The monoisotopic (exact) mass is 440 g/mol. The van der Waals surface area contributed by atoms with Gasteiger partial charge in [-0.25, -0.2) is 14.6 Å². The molecule has 10 heteroatoms. The van der Waals surface area contributed by atoms with Crippen LogP contribution in [0.5, 0.6) is 0 Å². The van der Waals surface area contributed by atoms with Crippen molar-refractivity contribution in [1.82, 2.24) is 19.7 Å². The van der Waals surface area contributed by atoms with Gasteiger partial charge in [0.15, 0.2) is 5.13 Å². The van der Waals surface area contributed by atoms with Crippen molar-refractivity contribution >= 4 is 34.0 Å². The fourth-order valence-corrected chi connectivity index (χ4v) is 4.44. The molecule has 9 nitrogen and oxygen atoms in total. The number of benzene rings is 1. The largest absolute Gasteiger partial charge is 0.376 e. The van der Waals surface area contributed by atoms with Crippen LogP contribution in [-0.2, 0) is 16.1 Å². The molecule has 1 saturated heterocycles. The third kappa shape index (κ3) is 5.15. The molecule has 1 fully saturated rings. The molecule has 3 aromatic rings. The van der Waals surface area contributed by atoms with E-state index in [9.17, 15) is 9.59 Å². The second-order valence-electron chi connectivity index (χ2n) is 7.42. The minimum atomic E-state index is -0.245. The number of aromatic nitrogens is 4. The van der Waals surface area contributed by atoms with Gasteiger partial charge in [-0.2, -0.15) is 5.10 Å². The van der Waals surface area contributed by atoms with E-state index in [-0.39, 0.29) is 17.9 Å². The molecule has 0 saturated carbocycles. The van der Waals surface area contributed by atoms with E-state index < -0.39 is 0 Å². The summed E-state index contributed by atoms with van der Waals surface area (Å²) in [4.78, 5) is 35.5. The molecule has 2 aromatic heterocycles. The lowest BCUT2D eigenvalue weighted by Gasteiger charge is -2.21. The van der Waals surface area contributed by atoms with E-state index in [1.54, 1.807) is 22.8 Å². The second-order valence-corrected chi connectivity index (χ2v) is 8.40. The van der Waals surface area contributed by atoms with E-state index in [1.807, 2.05) is 24.3 Å². The first kappa shape index (κ1) is 21.1. The van der Waals surface area contributed by atoms with Crippen molar-refractivity contribution in [3.63, 3.8) is 0 Å². The van der Waals surface area contributed by atoms with E-state index in [0.29, 0.717) is 34.5 Å². The predicted molar refractivity (Wildman–Crippen MR) is 117 cm³/mol. The topological polar surface area (TPSA) is 102 Å². The summed E-state index contributed by atoms with van der Waals surface area (Å²) in [7, 11) is 0. The van der Waals surface area contributed by atoms with Crippen LogP contribution in [0.15, 0.2) is 36.9 Å². The Bertz CT molecular complexity index is 1040. The molecule has 0 bridgehead atoms. The molecule has 0 aliphatic carbocycles. The van der Waals surface area contributed by atoms with Gasteiger partial charge in [-0.3, -0.25) is 14.5 Å². The van der Waals surface area contributed by atoms with Crippen LogP contribution in [0.3, 0.4) is 0 Å². The van der Waals surface area contributed by atoms with Crippen LogP contribution in [0.2, 0.25) is 0 Å². The maximum absolute atomic E-state index is 12.8. The number of ether oxygens (including phenoxy) is 1. The van der Waals surface area contributed by atoms with E-state index >= 15 is 0 Å². The third-order valence-electron chi connectivity index (χ3n) is 5.04. The zero-order valence-electron chi connectivity index (χ0n) is 17.4. The summed E-state index contributed by atoms with van der Waals surface area (Å²) in [5.74, 6) is -0.356. The molecule has 0 radical (unpaired) electrons. The van der Waals surface area contributed by atoms with E-state index in [2.05, 4.69) is 20.4 Å². The molecule has 1 N–H and O–H groups in total.